The molecule has 0 unspecified atom stereocenters. The summed E-state index contributed by atoms with van der Waals surface area (Å²) in [5.41, 5.74) is 3.39. The Balaban J connectivity index is 1.35. The quantitative estimate of drug-likeness (QED) is 0.668. The Hall–Kier alpha value is -3.93. The van der Waals surface area contributed by atoms with Crippen LogP contribution in [0, 0.1) is 0 Å². The van der Waals surface area contributed by atoms with E-state index in [1.165, 1.54) is 18.3 Å². The number of nitrogens with zero attached hydrogens (tertiary/aromatic N) is 2. The Kier molecular flexibility index (Phi) is 6.08. The summed E-state index contributed by atoms with van der Waals surface area (Å²) in [6.45, 7) is 1.87. The van der Waals surface area contributed by atoms with E-state index in [1.807, 2.05) is 42.5 Å². The van der Waals surface area contributed by atoms with Gasteiger partial charge < -0.3 is 14.8 Å². The fourth-order valence-corrected chi connectivity index (χ4v) is 3.58. The molecule has 2 aromatic carbocycles. The van der Waals surface area contributed by atoms with Gasteiger partial charge in [0.05, 0.1) is 5.56 Å². The molecule has 0 spiro atoms. The molecule has 156 valence electrons. The Labute approximate surface area is 180 Å². The van der Waals surface area contributed by atoms with E-state index in [-0.39, 0.29) is 17.4 Å². The zero-order valence-electron chi connectivity index (χ0n) is 17.0. The van der Waals surface area contributed by atoms with Crippen LogP contribution in [0.15, 0.2) is 83.8 Å². The van der Waals surface area contributed by atoms with E-state index in [4.69, 9.17) is 0 Å². The number of hydrogen-bond donors (Lipinski definition) is 1. The maximum absolute atomic E-state index is 12.6. The molecule has 6 nitrogen and oxygen atoms in total. The van der Waals surface area contributed by atoms with E-state index < -0.39 is 0 Å². The number of pyridine rings is 1. The van der Waals surface area contributed by atoms with Crippen LogP contribution >= 0.6 is 0 Å². The molecule has 0 radical (unpaired) electrons. The molecule has 1 N–H and O–H groups in total. The van der Waals surface area contributed by atoms with Gasteiger partial charge in [0.25, 0.3) is 5.91 Å². The average Bonchev–Trinajstić information content (AvgIpc) is 2.83. The Morgan fingerprint density at radius 2 is 1.52 bits per heavy atom. The van der Waals surface area contributed by atoms with Crippen molar-refractivity contribution >= 4 is 17.9 Å². The monoisotopic (exact) mass is 413 g/mol. The maximum atomic E-state index is 12.6. The van der Waals surface area contributed by atoms with Gasteiger partial charge >= 0.3 is 0 Å². The van der Waals surface area contributed by atoms with Gasteiger partial charge in [-0.1, -0.05) is 48.5 Å². The number of hydrogen-bond acceptors (Lipinski definition) is 3. The third kappa shape index (κ3) is 4.98. The van der Waals surface area contributed by atoms with Crippen molar-refractivity contribution in [3.8, 4) is 11.1 Å². The molecular formula is C25H23N3O3. The molecule has 1 aromatic heterocycles. The van der Waals surface area contributed by atoms with E-state index in [2.05, 4.69) is 23.2 Å². The van der Waals surface area contributed by atoms with Crippen LogP contribution in [0.3, 0.4) is 0 Å². The zero-order valence-corrected chi connectivity index (χ0v) is 17.0. The molecule has 2 heterocycles. The highest BCUT2D eigenvalue weighted by Gasteiger charge is 2.23. The van der Waals surface area contributed by atoms with Gasteiger partial charge in [-0.05, 0) is 34.9 Å². The molecule has 31 heavy (non-hydrogen) atoms. The number of piperazine rings is 1. The molecule has 4 rings (SSSR count). The molecule has 1 fully saturated rings. The average molecular weight is 413 g/mol. The minimum absolute atomic E-state index is 0.0683. The fraction of sp³-hybridized carbons (Fsp3) is 0.160. The van der Waals surface area contributed by atoms with E-state index in [0.29, 0.717) is 31.7 Å². The van der Waals surface area contributed by atoms with Gasteiger partial charge in [-0.25, -0.2) is 0 Å². The number of benzene rings is 2. The first kappa shape index (κ1) is 20.3. The second kappa shape index (κ2) is 9.26. The van der Waals surface area contributed by atoms with Crippen LogP contribution in [-0.2, 0) is 4.79 Å². The van der Waals surface area contributed by atoms with Crippen molar-refractivity contribution in [2.75, 3.05) is 26.2 Å². The summed E-state index contributed by atoms with van der Waals surface area (Å²) >= 11 is 0. The SMILES string of the molecule is O=C(C=Cc1cccc(-c2ccccc2)c1)N1CCN(C(=O)c2ccc(=O)[nH]c2)CC1. The second-order valence-electron chi connectivity index (χ2n) is 7.38. The van der Waals surface area contributed by atoms with Gasteiger partial charge in [0.15, 0.2) is 0 Å². The molecule has 1 aliphatic heterocycles. The van der Waals surface area contributed by atoms with Gasteiger partial charge in [-0.3, -0.25) is 14.4 Å². The molecule has 0 atom stereocenters. The van der Waals surface area contributed by atoms with Crippen LogP contribution in [0.4, 0.5) is 0 Å². The van der Waals surface area contributed by atoms with E-state index in [9.17, 15) is 14.4 Å². The lowest BCUT2D eigenvalue weighted by Gasteiger charge is -2.34. The third-order valence-corrected chi connectivity index (χ3v) is 5.32. The standard InChI is InChI=1S/C25H23N3O3/c29-23-11-10-22(18-26-23)25(31)28-15-13-27(14-16-28)24(30)12-9-19-5-4-8-21(17-19)20-6-2-1-3-7-20/h1-12,17-18H,13-16H2,(H,26,29). The summed E-state index contributed by atoms with van der Waals surface area (Å²) in [5.74, 6) is -0.210. The van der Waals surface area contributed by atoms with E-state index in [0.717, 1.165) is 16.7 Å². The number of aromatic amines is 1. The van der Waals surface area contributed by atoms with Gasteiger partial charge in [-0.2, -0.15) is 0 Å². The molecule has 0 saturated carbocycles. The van der Waals surface area contributed by atoms with Crippen molar-refractivity contribution < 1.29 is 9.59 Å². The van der Waals surface area contributed by atoms with E-state index >= 15 is 0 Å². The lowest BCUT2D eigenvalue weighted by Crippen LogP contribution is -2.50. The van der Waals surface area contributed by atoms with Crippen molar-refractivity contribution in [3.63, 3.8) is 0 Å². The highest BCUT2D eigenvalue weighted by molar-refractivity contribution is 5.95. The number of H-pyrrole nitrogens is 1. The van der Waals surface area contributed by atoms with Crippen LogP contribution in [-0.4, -0.2) is 52.8 Å². The number of aromatic nitrogens is 1. The summed E-state index contributed by atoms with van der Waals surface area (Å²) in [6, 6.07) is 21.0. The maximum Gasteiger partial charge on any atom is 0.255 e. The predicted molar refractivity (Wildman–Crippen MR) is 120 cm³/mol. The molecule has 2 amide bonds. The predicted octanol–water partition coefficient (Wildman–Crippen LogP) is 3.04. The Bertz CT molecular complexity index is 1140. The smallest absolute Gasteiger partial charge is 0.255 e. The van der Waals surface area contributed by atoms with Gasteiger partial charge in [-0.15, -0.1) is 0 Å². The lowest BCUT2D eigenvalue weighted by molar-refractivity contribution is -0.127. The Morgan fingerprint density at radius 1 is 0.806 bits per heavy atom. The number of carbonyl (C=O) groups excluding carboxylic acids is 2. The largest absolute Gasteiger partial charge is 0.336 e. The summed E-state index contributed by atoms with van der Waals surface area (Å²) in [5, 5.41) is 0. The van der Waals surface area contributed by atoms with Crippen molar-refractivity contribution in [2.24, 2.45) is 0 Å². The van der Waals surface area contributed by atoms with Crippen molar-refractivity contribution in [3.05, 3.63) is 100 Å². The molecular weight excluding hydrogens is 390 g/mol. The van der Waals surface area contributed by atoms with Crippen LogP contribution in [0.25, 0.3) is 17.2 Å². The van der Waals surface area contributed by atoms with Crippen molar-refractivity contribution in [1.82, 2.24) is 14.8 Å². The third-order valence-electron chi connectivity index (χ3n) is 5.32. The lowest BCUT2D eigenvalue weighted by atomic mass is 10.0. The molecule has 1 aliphatic rings. The minimum Gasteiger partial charge on any atom is -0.336 e. The zero-order chi connectivity index (χ0) is 21.6. The van der Waals surface area contributed by atoms with Crippen LogP contribution in [0.5, 0.6) is 0 Å². The van der Waals surface area contributed by atoms with Crippen LogP contribution in [0.1, 0.15) is 15.9 Å². The van der Waals surface area contributed by atoms with Gasteiger partial charge in [0, 0.05) is 44.5 Å². The number of amides is 2. The van der Waals surface area contributed by atoms with Crippen molar-refractivity contribution in [2.45, 2.75) is 0 Å². The molecule has 3 aromatic rings. The fourth-order valence-electron chi connectivity index (χ4n) is 3.58. The first-order valence-corrected chi connectivity index (χ1v) is 10.2. The first-order chi connectivity index (χ1) is 15.1. The number of nitrogens with one attached hydrogen (secondary N) is 1. The van der Waals surface area contributed by atoms with E-state index in [1.54, 1.807) is 15.9 Å². The van der Waals surface area contributed by atoms with Crippen LogP contribution in [0.2, 0.25) is 0 Å². The first-order valence-electron chi connectivity index (χ1n) is 10.2. The molecule has 0 bridgehead atoms. The molecule has 6 heteroatoms. The summed E-state index contributed by atoms with van der Waals surface area (Å²) in [7, 11) is 0. The second-order valence-corrected chi connectivity index (χ2v) is 7.38. The Morgan fingerprint density at radius 3 is 2.23 bits per heavy atom. The molecule has 0 aliphatic carbocycles. The van der Waals surface area contributed by atoms with Crippen molar-refractivity contribution in [1.29, 1.82) is 0 Å². The van der Waals surface area contributed by atoms with Gasteiger partial charge in [0.2, 0.25) is 11.5 Å². The van der Waals surface area contributed by atoms with Gasteiger partial charge in [0.1, 0.15) is 0 Å². The van der Waals surface area contributed by atoms with Crippen LogP contribution < -0.4 is 5.56 Å². The number of carbonyl (C=O) groups is 2. The minimum atomic E-state index is -0.243. The topological polar surface area (TPSA) is 73.5 Å². The highest BCUT2D eigenvalue weighted by atomic mass is 16.2. The number of rotatable bonds is 4. The summed E-state index contributed by atoms with van der Waals surface area (Å²) in [4.78, 5) is 42.3. The summed E-state index contributed by atoms with van der Waals surface area (Å²) in [6.07, 6.45) is 4.84. The highest BCUT2D eigenvalue weighted by Crippen LogP contribution is 2.20. The normalized spacial score (nSPS) is 14.1. The summed E-state index contributed by atoms with van der Waals surface area (Å²) < 4.78 is 0. The molecule has 1 saturated heterocycles.